The van der Waals surface area contributed by atoms with Gasteiger partial charge in [0.05, 0.1) is 25.0 Å². The number of hydrogen-bond donors (Lipinski definition) is 0. The highest BCUT2D eigenvalue weighted by Gasteiger charge is 2.09. The molecule has 0 saturated carbocycles. The van der Waals surface area contributed by atoms with Crippen LogP contribution in [0.2, 0.25) is 0 Å². The van der Waals surface area contributed by atoms with Gasteiger partial charge in [-0.15, -0.1) is 0 Å². The number of fused-ring (bicyclic) bond motifs is 1. The molecule has 18 heavy (non-hydrogen) atoms. The normalized spacial score (nSPS) is 10.5. The molecular formula is C15H13NO2. The van der Waals surface area contributed by atoms with E-state index in [2.05, 4.69) is 6.07 Å². The predicted octanol–water partition coefficient (Wildman–Crippen LogP) is 3.63. The SMILES string of the molecule is CC=COc1c(OC)ccc2ccc(C#N)cc12. The minimum atomic E-state index is 0.598. The van der Waals surface area contributed by atoms with E-state index < -0.39 is 0 Å². The predicted molar refractivity (Wildman–Crippen MR) is 70.7 cm³/mol. The standard InChI is InChI=1S/C15H13NO2/c1-3-8-18-15-13-9-11(10-16)4-5-12(13)6-7-14(15)17-2/h3-9H,1-2H3. The molecule has 2 aromatic rings. The fraction of sp³-hybridized carbons (Fsp3) is 0.133. The minimum Gasteiger partial charge on any atom is -0.493 e. The van der Waals surface area contributed by atoms with Crippen molar-refractivity contribution in [1.29, 1.82) is 5.26 Å². The van der Waals surface area contributed by atoms with Crippen LogP contribution in [0.1, 0.15) is 12.5 Å². The molecule has 0 amide bonds. The molecule has 0 aliphatic carbocycles. The molecule has 3 heteroatoms. The summed E-state index contributed by atoms with van der Waals surface area (Å²) in [4.78, 5) is 0. The van der Waals surface area contributed by atoms with Crippen LogP contribution in [0.3, 0.4) is 0 Å². The number of hydrogen-bond acceptors (Lipinski definition) is 3. The Hall–Kier alpha value is -2.47. The maximum atomic E-state index is 8.95. The summed E-state index contributed by atoms with van der Waals surface area (Å²) < 4.78 is 10.9. The Morgan fingerprint density at radius 3 is 2.67 bits per heavy atom. The van der Waals surface area contributed by atoms with Crippen LogP contribution in [-0.4, -0.2) is 7.11 Å². The van der Waals surface area contributed by atoms with Crippen molar-refractivity contribution in [3.05, 3.63) is 48.2 Å². The molecule has 0 radical (unpaired) electrons. The van der Waals surface area contributed by atoms with Crippen LogP contribution in [0.4, 0.5) is 0 Å². The number of ether oxygens (including phenoxy) is 2. The lowest BCUT2D eigenvalue weighted by molar-refractivity contribution is 0.381. The average molecular weight is 239 g/mol. The van der Waals surface area contributed by atoms with Gasteiger partial charge in [0.15, 0.2) is 11.5 Å². The summed E-state index contributed by atoms with van der Waals surface area (Å²) in [6, 6.07) is 11.4. The number of nitrogens with zero attached hydrogens (tertiary/aromatic N) is 1. The van der Waals surface area contributed by atoms with Gasteiger partial charge in [-0.2, -0.15) is 5.26 Å². The van der Waals surface area contributed by atoms with Gasteiger partial charge in [-0.25, -0.2) is 0 Å². The monoisotopic (exact) mass is 239 g/mol. The van der Waals surface area contributed by atoms with Gasteiger partial charge in [-0.05, 0) is 30.5 Å². The molecule has 0 fully saturated rings. The van der Waals surface area contributed by atoms with E-state index in [9.17, 15) is 0 Å². The average Bonchev–Trinajstić information content (AvgIpc) is 2.43. The molecule has 0 heterocycles. The summed E-state index contributed by atoms with van der Waals surface area (Å²) >= 11 is 0. The maximum Gasteiger partial charge on any atom is 0.176 e. The Labute approximate surface area is 106 Å². The van der Waals surface area contributed by atoms with E-state index >= 15 is 0 Å². The van der Waals surface area contributed by atoms with Gasteiger partial charge in [0.25, 0.3) is 0 Å². The van der Waals surface area contributed by atoms with Crippen molar-refractivity contribution in [2.45, 2.75) is 6.92 Å². The quantitative estimate of drug-likeness (QED) is 0.768. The van der Waals surface area contributed by atoms with Crippen molar-refractivity contribution in [2.75, 3.05) is 7.11 Å². The van der Waals surface area contributed by atoms with Gasteiger partial charge < -0.3 is 9.47 Å². The molecule has 0 spiro atoms. The minimum absolute atomic E-state index is 0.598. The molecule has 0 aliphatic heterocycles. The van der Waals surface area contributed by atoms with Crippen LogP contribution >= 0.6 is 0 Å². The summed E-state index contributed by atoms with van der Waals surface area (Å²) in [5.74, 6) is 1.28. The zero-order chi connectivity index (χ0) is 13.0. The number of nitriles is 1. The van der Waals surface area contributed by atoms with Crippen molar-refractivity contribution in [3.8, 4) is 17.6 Å². The highest BCUT2D eigenvalue weighted by Crippen LogP contribution is 2.36. The van der Waals surface area contributed by atoms with Crippen LogP contribution < -0.4 is 9.47 Å². The summed E-state index contributed by atoms with van der Waals surface area (Å²) in [7, 11) is 1.60. The third kappa shape index (κ3) is 2.14. The molecule has 0 unspecified atom stereocenters. The third-order valence-corrected chi connectivity index (χ3v) is 2.61. The first-order valence-corrected chi connectivity index (χ1v) is 5.59. The molecule has 0 aliphatic rings. The smallest absolute Gasteiger partial charge is 0.176 e. The van der Waals surface area contributed by atoms with E-state index in [1.807, 2.05) is 25.1 Å². The zero-order valence-electron chi connectivity index (χ0n) is 10.3. The van der Waals surface area contributed by atoms with Gasteiger partial charge in [-0.3, -0.25) is 0 Å². The Morgan fingerprint density at radius 2 is 2.00 bits per heavy atom. The Kier molecular flexibility index (Phi) is 3.49. The van der Waals surface area contributed by atoms with Crippen LogP contribution in [-0.2, 0) is 0 Å². The van der Waals surface area contributed by atoms with Crippen molar-refractivity contribution in [3.63, 3.8) is 0 Å². The second kappa shape index (κ2) is 5.24. The zero-order valence-corrected chi connectivity index (χ0v) is 10.3. The summed E-state index contributed by atoms with van der Waals surface area (Å²) in [6.45, 7) is 1.87. The molecule has 0 N–H and O–H groups in total. The molecule has 0 bridgehead atoms. The van der Waals surface area contributed by atoms with E-state index in [1.54, 1.807) is 31.6 Å². The first kappa shape index (κ1) is 12.0. The molecule has 90 valence electrons. The second-order valence-electron chi connectivity index (χ2n) is 3.73. The highest BCUT2D eigenvalue weighted by atomic mass is 16.5. The molecule has 0 aromatic heterocycles. The first-order chi connectivity index (χ1) is 8.80. The molecule has 2 aromatic carbocycles. The fourth-order valence-electron chi connectivity index (χ4n) is 1.76. The van der Waals surface area contributed by atoms with Crippen LogP contribution in [0, 0.1) is 11.3 Å². The highest BCUT2D eigenvalue weighted by molar-refractivity contribution is 5.91. The lowest BCUT2D eigenvalue weighted by atomic mass is 10.1. The van der Waals surface area contributed by atoms with E-state index in [0.717, 1.165) is 10.8 Å². The van der Waals surface area contributed by atoms with Crippen LogP contribution in [0.5, 0.6) is 11.5 Å². The van der Waals surface area contributed by atoms with Gasteiger partial charge in [-0.1, -0.05) is 18.2 Å². The topological polar surface area (TPSA) is 42.2 Å². The molecular weight excluding hydrogens is 226 g/mol. The number of rotatable bonds is 3. The Balaban J connectivity index is 2.70. The van der Waals surface area contributed by atoms with Crippen molar-refractivity contribution in [2.24, 2.45) is 0 Å². The summed E-state index contributed by atoms with van der Waals surface area (Å²) in [5, 5.41) is 10.8. The Morgan fingerprint density at radius 1 is 1.22 bits per heavy atom. The lowest BCUT2D eigenvalue weighted by Crippen LogP contribution is -1.91. The van der Waals surface area contributed by atoms with E-state index in [-0.39, 0.29) is 0 Å². The number of benzene rings is 2. The molecule has 3 nitrogen and oxygen atoms in total. The van der Waals surface area contributed by atoms with Crippen LogP contribution in [0.25, 0.3) is 10.8 Å². The van der Waals surface area contributed by atoms with Gasteiger partial charge in [0.2, 0.25) is 0 Å². The van der Waals surface area contributed by atoms with E-state index in [0.29, 0.717) is 17.1 Å². The van der Waals surface area contributed by atoms with Crippen molar-refractivity contribution in [1.82, 2.24) is 0 Å². The number of allylic oxidation sites excluding steroid dienone is 1. The molecule has 0 atom stereocenters. The molecule has 2 rings (SSSR count). The third-order valence-electron chi connectivity index (χ3n) is 2.61. The van der Waals surface area contributed by atoms with E-state index in [1.165, 1.54) is 0 Å². The van der Waals surface area contributed by atoms with Gasteiger partial charge in [0, 0.05) is 5.39 Å². The van der Waals surface area contributed by atoms with Crippen molar-refractivity contribution < 1.29 is 9.47 Å². The van der Waals surface area contributed by atoms with Gasteiger partial charge >= 0.3 is 0 Å². The Bertz CT molecular complexity index is 639. The fourth-order valence-corrected chi connectivity index (χ4v) is 1.76. The largest absolute Gasteiger partial charge is 0.493 e. The van der Waals surface area contributed by atoms with Gasteiger partial charge in [0.1, 0.15) is 0 Å². The maximum absolute atomic E-state index is 8.95. The van der Waals surface area contributed by atoms with E-state index in [4.69, 9.17) is 14.7 Å². The lowest BCUT2D eigenvalue weighted by Gasteiger charge is -2.10. The summed E-state index contributed by atoms with van der Waals surface area (Å²) in [6.07, 6.45) is 3.39. The first-order valence-electron chi connectivity index (χ1n) is 5.59. The second-order valence-corrected chi connectivity index (χ2v) is 3.73. The number of methoxy groups -OCH3 is 1. The summed E-state index contributed by atoms with van der Waals surface area (Å²) in [5.41, 5.74) is 0.598. The van der Waals surface area contributed by atoms with Crippen LogP contribution in [0.15, 0.2) is 42.7 Å². The molecule has 0 saturated heterocycles. The van der Waals surface area contributed by atoms with Crippen molar-refractivity contribution >= 4 is 10.8 Å².